The molecule has 0 atom stereocenters. The molecule has 1 aromatic heterocycles. The summed E-state index contributed by atoms with van der Waals surface area (Å²) >= 11 is 1.30. The van der Waals surface area contributed by atoms with E-state index in [1.165, 1.54) is 23.5 Å². The highest BCUT2D eigenvalue weighted by atomic mass is 32.1. The Labute approximate surface area is 194 Å². The number of anilines is 1. The molecule has 1 amide bonds. The predicted molar refractivity (Wildman–Crippen MR) is 125 cm³/mol. The van der Waals surface area contributed by atoms with E-state index >= 15 is 0 Å². The SMILES string of the molecule is Nc1sc(-c2ccc(C(=O)O)cc2)cc1C(=O)N1CCC2(CC1)CC(=O)c1ccccc1O2. The van der Waals surface area contributed by atoms with Crippen LogP contribution in [0.25, 0.3) is 10.4 Å². The fourth-order valence-corrected chi connectivity index (χ4v) is 5.43. The molecule has 3 heterocycles. The van der Waals surface area contributed by atoms with Crippen LogP contribution in [-0.4, -0.2) is 46.4 Å². The van der Waals surface area contributed by atoms with Gasteiger partial charge < -0.3 is 20.5 Å². The molecule has 1 spiro atoms. The van der Waals surface area contributed by atoms with E-state index in [1.54, 1.807) is 29.2 Å². The van der Waals surface area contributed by atoms with Gasteiger partial charge in [0.1, 0.15) is 11.4 Å². The maximum Gasteiger partial charge on any atom is 0.335 e. The van der Waals surface area contributed by atoms with Crippen molar-refractivity contribution < 1.29 is 24.2 Å². The number of hydrogen-bond acceptors (Lipinski definition) is 6. The summed E-state index contributed by atoms with van der Waals surface area (Å²) in [5.74, 6) is -0.431. The summed E-state index contributed by atoms with van der Waals surface area (Å²) in [6.45, 7) is 0.957. The van der Waals surface area contributed by atoms with Gasteiger partial charge >= 0.3 is 5.97 Å². The first-order chi connectivity index (χ1) is 15.8. The van der Waals surface area contributed by atoms with Gasteiger partial charge in [-0.25, -0.2) is 4.79 Å². The molecule has 2 aliphatic heterocycles. The van der Waals surface area contributed by atoms with Crippen LogP contribution < -0.4 is 10.5 Å². The normalized spacial score (nSPS) is 16.8. The van der Waals surface area contributed by atoms with Crippen LogP contribution in [0.1, 0.15) is 50.3 Å². The van der Waals surface area contributed by atoms with Crippen LogP contribution in [0.3, 0.4) is 0 Å². The van der Waals surface area contributed by atoms with Crippen molar-refractivity contribution in [1.82, 2.24) is 4.90 Å². The smallest absolute Gasteiger partial charge is 0.335 e. The Bertz CT molecular complexity index is 1260. The Hall–Kier alpha value is -3.65. The Morgan fingerprint density at radius 2 is 1.76 bits per heavy atom. The second-order valence-corrected chi connectivity index (χ2v) is 9.53. The minimum atomic E-state index is -0.988. The average molecular weight is 463 g/mol. The van der Waals surface area contributed by atoms with Gasteiger partial charge in [0.25, 0.3) is 5.91 Å². The number of nitrogens with two attached hydrogens (primary N) is 1. The lowest BCUT2D eigenvalue weighted by molar-refractivity contribution is -0.00568. The summed E-state index contributed by atoms with van der Waals surface area (Å²) in [6, 6.07) is 15.5. The number of amides is 1. The molecule has 8 heteroatoms. The molecule has 0 bridgehead atoms. The predicted octanol–water partition coefficient (Wildman–Crippen LogP) is 4.34. The first-order valence-electron chi connectivity index (χ1n) is 10.7. The molecule has 168 valence electrons. The van der Waals surface area contributed by atoms with Gasteiger partial charge in [-0.15, -0.1) is 11.3 Å². The van der Waals surface area contributed by atoms with Gasteiger partial charge in [0.2, 0.25) is 0 Å². The maximum atomic E-state index is 13.2. The summed E-state index contributed by atoms with van der Waals surface area (Å²) in [4.78, 5) is 39.5. The Morgan fingerprint density at radius 3 is 2.45 bits per heavy atom. The molecule has 1 fully saturated rings. The van der Waals surface area contributed by atoms with E-state index in [9.17, 15) is 14.4 Å². The Balaban J connectivity index is 1.30. The molecule has 3 N–H and O–H groups in total. The summed E-state index contributed by atoms with van der Waals surface area (Å²) in [7, 11) is 0. The molecule has 0 unspecified atom stereocenters. The third kappa shape index (κ3) is 3.87. The van der Waals surface area contributed by atoms with E-state index in [1.807, 2.05) is 18.2 Å². The lowest BCUT2D eigenvalue weighted by Gasteiger charge is -2.43. The zero-order valence-corrected chi connectivity index (χ0v) is 18.6. The number of carbonyl (C=O) groups is 3. The van der Waals surface area contributed by atoms with Crippen LogP contribution in [0.5, 0.6) is 5.75 Å². The number of aromatic carboxylic acids is 1. The van der Waals surface area contributed by atoms with Crippen molar-refractivity contribution in [3.63, 3.8) is 0 Å². The zero-order valence-electron chi connectivity index (χ0n) is 17.7. The van der Waals surface area contributed by atoms with Crippen molar-refractivity contribution in [1.29, 1.82) is 0 Å². The Kier molecular flexibility index (Phi) is 5.17. The first kappa shape index (κ1) is 21.2. The van der Waals surface area contributed by atoms with Crippen molar-refractivity contribution in [3.05, 3.63) is 71.3 Å². The van der Waals surface area contributed by atoms with Crippen LogP contribution >= 0.6 is 11.3 Å². The van der Waals surface area contributed by atoms with Gasteiger partial charge in [-0.2, -0.15) is 0 Å². The van der Waals surface area contributed by atoms with Gasteiger partial charge in [-0.1, -0.05) is 24.3 Å². The number of ether oxygens (including phenoxy) is 1. The fourth-order valence-electron chi connectivity index (χ4n) is 4.50. The number of thiophene rings is 1. The van der Waals surface area contributed by atoms with Crippen molar-refractivity contribution >= 4 is 34.0 Å². The molecular formula is C25H22N2O5S. The number of nitrogen functional groups attached to an aromatic ring is 1. The number of piperidine rings is 1. The maximum absolute atomic E-state index is 13.2. The molecule has 0 saturated carbocycles. The van der Waals surface area contributed by atoms with Crippen LogP contribution in [0.15, 0.2) is 54.6 Å². The summed E-state index contributed by atoms with van der Waals surface area (Å²) in [5, 5.41) is 9.50. The number of benzene rings is 2. The third-order valence-electron chi connectivity index (χ3n) is 6.37. The molecule has 2 aliphatic rings. The zero-order chi connectivity index (χ0) is 23.2. The molecule has 1 saturated heterocycles. The van der Waals surface area contributed by atoms with Gasteiger partial charge in [0.05, 0.1) is 28.1 Å². The highest BCUT2D eigenvalue weighted by molar-refractivity contribution is 7.19. The number of carbonyl (C=O) groups excluding carboxylic acids is 2. The summed E-state index contributed by atoms with van der Waals surface area (Å²) in [6.07, 6.45) is 1.47. The number of carboxylic acids is 1. The average Bonchev–Trinajstić information content (AvgIpc) is 3.21. The van der Waals surface area contributed by atoms with E-state index in [2.05, 4.69) is 0 Å². The highest BCUT2D eigenvalue weighted by Crippen LogP contribution is 2.40. The molecule has 3 aromatic rings. The van der Waals surface area contributed by atoms with Gasteiger partial charge in [-0.05, 0) is 35.9 Å². The molecule has 0 radical (unpaired) electrons. The summed E-state index contributed by atoms with van der Waals surface area (Å²) in [5.41, 5.74) is 7.68. The van der Waals surface area contributed by atoms with Crippen molar-refractivity contribution in [3.8, 4) is 16.2 Å². The number of para-hydroxylation sites is 1. The van der Waals surface area contributed by atoms with E-state index in [0.29, 0.717) is 54.2 Å². The van der Waals surface area contributed by atoms with Crippen molar-refractivity contribution in [2.24, 2.45) is 0 Å². The van der Waals surface area contributed by atoms with E-state index in [4.69, 9.17) is 15.6 Å². The van der Waals surface area contributed by atoms with Crippen LogP contribution in [0.4, 0.5) is 5.00 Å². The second-order valence-electron chi connectivity index (χ2n) is 8.44. The number of nitrogens with zero attached hydrogens (tertiary/aromatic N) is 1. The number of fused-ring (bicyclic) bond motifs is 1. The van der Waals surface area contributed by atoms with Gasteiger partial charge in [0, 0.05) is 30.8 Å². The number of likely N-dealkylation sites (tertiary alicyclic amines) is 1. The molecule has 2 aromatic carbocycles. The molecule has 7 nitrogen and oxygen atoms in total. The standard InChI is InChI=1S/C25H22N2O5S/c26-22-18(13-21(33-22)15-5-7-16(8-6-15)24(30)31)23(29)27-11-9-25(10-12-27)14-19(28)17-3-1-2-4-20(17)32-25/h1-8,13H,9-12,14,26H2,(H,30,31). The number of hydrogen-bond donors (Lipinski definition) is 2. The topological polar surface area (TPSA) is 110 Å². The van der Waals surface area contributed by atoms with Crippen LogP contribution in [0.2, 0.25) is 0 Å². The number of ketones is 1. The van der Waals surface area contributed by atoms with Crippen molar-refractivity contribution in [2.45, 2.75) is 24.9 Å². The van der Waals surface area contributed by atoms with E-state index in [-0.39, 0.29) is 17.3 Å². The number of rotatable bonds is 3. The third-order valence-corrected chi connectivity index (χ3v) is 7.38. The van der Waals surface area contributed by atoms with Gasteiger partial charge in [-0.3, -0.25) is 9.59 Å². The first-order valence-corrected chi connectivity index (χ1v) is 11.5. The lowest BCUT2D eigenvalue weighted by atomic mass is 9.82. The molecular weight excluding hydrogens is 440 g/mol. The molecule has 5 rings (SSSR count). The molecule has 0 aliphatic carbocycles. The van der Waals surface area contributed by atoms with Gasteiger partial charge in [0.15, 0.2) is 5.78 Å². The van der Waals surface area contributed by atoms with Crippen LogP contribution in [0, 0.1) is 0 Å². The number of carboxylic acid groups (broad SMARTS) is 1. The quantitative estimate of drug-likeness (QED) is 0.599. The monoisotopic (exact) mass is 462 g/mol. The van der Waals surface area contributed by atoms with E-state index < -0.39 is 11.6 Å². The molecule has 33 heavy (non-hydrogen) atoms. The largest absolute Gasteiger partial charge is 0.486 e. The van der Waals surface area contributed by atoms with Crippen LogP contribution in [-0.2, 0) is 0 Å². The minimum absolute atomic E-state index is 0.0808. The lowest BCUT2D eigenvalue weighted by Crippen LogP contribution is -2.52. The second kappa shape index (κ2) is 8.04. The number of Topliss-reactive ketones (excluding diaryl/α,β-unsaturated/α-hetero) is 1. The highest BCUT2D eigenvalue weighted by Gasteiger charge is 2.43. The Morgan fingerprint density at radius 1 is 1.06 bits per heavy atom. The van der Waals surface area contributed by atoms with E-state index in [0.717, 1.165) is 10.4 Å². The van der Waals surface area contributed by atoms with Crippen molar-refractivity contribution in [2.75, 3.05) is 18.8 Å². The summed E-state index contributed by atoms with van der Waals surface area (Å²) < 4.78 is 6.25. The fraction of sp³-hybridized carbons (Fsp3) is 0.240. The minimum Gasteiger partial charge on any atom is -0.486 e.